The van der Waals surface area contributed by atoms with Gasteiger partial charge in [0.1, 0.15) is 0 Å². The highest BCUT2D eigenvalue weighted by atomic mass is 16.5. The first-order chi connectivity index (χ1) is 6.84. The Morgan fingerprint density at radius 2 is 2.14 bits per heavy atom. The van der Waals surface area contributed by atoms with E-state index in [9.17, 15) is 0 Å². The highest BCUT2D eigenvalue weighted by Crippen LogP contribution is 2.20. The highest BCUT2D eigenvalue weighted by molar-refractivity contribution is 4.80. The van der Waals surface area contributed by atoms with Crippen LogP contribution in [0.4, 0.5) is 0 Å². The molecule has 1 unspecified atom stereocenters. The van der Waals surface area contributed by atoms with Gasteiger partial charge in [0, 0.05) is 38.9 Å². The normalized spacial score (nSPS) is 31.9. The van der Waals surface area contributed by atoms with Crippen LogP contribution in [0.3, 0.4) is 0 Å². The predicted molar refractivity (Wildman–Crippen MR) is 57.4 cm³/mol. The van der Waals surface area contributed by atoms with Gasteiger partial charge in [-0.2, -0.15) is 0 Å². The monoisotopic (exact) mass is 198 g/mol. The summed E-state index contributed by atoms with van der Waals surface area (Å²) in [5.41, 5.74) is 0. The van der Waals surface area contributed by atoms with Crippen LogP contribution >= 0.6 is 0 Å². The molecular weight excluding hydrogens is 176 g/mol. The van der Waals surface area contributed by atoms with Crippen molar-refractivity contribution in [3.63, 3.8) is 0 Å². The predicted octanol–water partition coefficient (Wildman–Crippen LogP) is 0.707. The van der Waals surface area contributed by atoms with Crippen LogP contribution in [-0.4, -0.2) is 50.8 Å². The topological polar surface area (TPSA) is 24.5 Å². The first kappa shape index (κ1) is 10.4. The zero-order valence-corrected chi connectivity index (χ0v) is 9.17. The summed E-state index contributed by atoms with van der Waals surface area (Å²) in [5, 5.41) is 3.61. The molecule has 82 valence electrons. The van der Waals surface area contributed by atoms with Crippen molar-refractivity contribution in [1.29, 1.82) is 0 Å². The molecule has 0 amide bonds. The van der Waals surface area contributed by atoms with E-state index in [-0.39, 0.29) is 0 Å². The molecule has 1 N–H and O–H groups in total. The molecule has 0 aromatic rings. The van der Waals surface area contributed by atoms with Gasteiger partial charge in [-0.25, -0.2) is 0 Å². The Hall–Kier alpha value is -0.120. The quantitative estimate of drug-likeness (QED) is 0.707. The number of rotatable bonds is 2. The molecule has 2 aliphatic rings. The Bertz CT molecular complexity index is 169. The van der Waals surface area contributed by atoms with Gasteiger partial charge >= 0.3 is 0 Å². The summed E-state index contributed by atoms with van der Waals surface area (Å²) in [4.78, 5) is 2.43. The maximum atomic E-state index is 5.38. The van der Waals surface area contributed by atoms with Crippen molar-refractivity contribution in [2.75, 3.05) is 39.9 Å². The zero-order valence-electron chi connectivity index (χ0n) is 9.17. The average molecular weight is 198 g/mol. The van der Waals surface area contributed by atoms with Crippen molar-refractivity contribution >= 4 is 0 Å². The van der Waals surface area contributed by atoms with Crippen molar-refractivity contribution in [3.8, 4) is 0 Å². The Morgan fingerprint density at radius 1 is 1.36 bits per heavy atom. The van der Waals surface area contributed by atoms with Gasteiger partial charge in [0.05, 0.1) is 0 Å². The van der Waals surface area contributed by atoms with E-state index in [0.29, 0.717) is 0 Å². The molecule has 0 bridgehead atoms. The Morgan fingerprint density at radius 3 is 2.86 bits per heavy atom. The van der Waals surface area contributed by atoms with E-state index >= 15 is 0 Å². The number of nitrogens with one attached hydrogen (secondary N) is 1. The standard InChI is InChI=1S/C11H22N2O/c1-13-5-4-12-11(9-13)8-10-2-6-14-7-3-10/h10-12H,2-9H2,1H3. The largest absolute Gasteiger partial charge is 0.381 e. The molecule has 0 aromatic carbocycles. The third-order valence-electron chi connectivity index (χ3n) is 3.42. The minimum absolute atomic E-state index is 0.719. The number of hydrogen-bond donors (Lipinski definition) is 1. The summed E-state index contributed by atoms with van der Waals surface area (Å²) >= 11 is 0. The van der Waals surface area contributed by atoms with Crippen molar-refractivity contribution in [3.05, 3.63) is 0 Å². The summed E-state index contributed by atoms with van der Waals surface area (Å²) in [6.07, 6.45) is 3.87. The summed E-state index contributed by atoms with van der Waals surface area (Å²) < 4.78 is 5.38. The van der Waals surface area contributed by atoms with Crippen molar-refractivity contribution in [1.82, 2.24) is 10.2 Å². The second-order valence-electron chi connectivity index (χ2n) is 4.70. The van der Waals surface area contributed by atoms with Gasteiger partial charge in [-0.3, -0.25) is 0 Å². The average Bonchev–Trinajstić information content (AvgIpc) is 2.19. The molecule has 0 aliphatic carbocycles. The first-order valence-electron chi connectivity index (χ1n) is 5.84. The molecule has 0 radical (unpaired) electrons. The third kappa shape index (κ3) is 2.94. The molecule has 2 aliphatic heterocycles. The van der Waals surface area contributed by atoms with Gasteiger partial charge in [-0.15, -0.1) is 0 Å². The number of hydrogen-bond acceptors (Lipinski definition) is 3. The molecule has 14 heavy (non-hydrogen) atoms. The fraction of sp³-hybridized carbons (Fsp3) is 1.00. The summed E-state index contributed by atoms with van der Waals surface area (Å²) in [6.45, 7) is 5.53. The fourth-order valence-electron chi connectivity index (χ4n) is 2.53. The lowest BCUT2D eigenvalue weighted by atomic mass is 9.92. The van der Waals surface area contributed by atoms with Gasteiger partial charge in [0.2, 0.25) is 0 Å². The molecule has 3 heteroatoms. The fourth-order valence-corrected chi connectivity index (χ4v) is 2.53. The number of nitrogens with zero attached hydrogens (tertiary/aromatic N) is 1. The second kappa shape index (κ2) is 5.10. The smallest absolute Gasteiger partial charge is 0.0468 e. The van der Waals surface area contributed by atoms with E-state index < -0.39 is 0 Å². The van der Waals surface area contributed by atoms with E-state index in [2.05, 4.69) is 17.3 Å². The summed E-state index contributed by atoms with van der Waals surface area (Å²) in [7, 11) is 2.22. The van der Waals surface area contributed by atoms with E-state index in [1.807, 2.05) is 0 Å². The first-order valence-corrected chi connectivity index (χ1v) is 5.84. The molecule has 0 aromatic heterocycles. The lowest BCUT2D eigenvalue weighted by Crippen LogP contribution is -2.49. The zero-order chi connectivity index (χ0) is 9.80. The van der Waals surface area contributed by atoms with Crippen LogP contribution in [0.1, 0.15) is 19.3 Å². The van der Waals surface area contributed by atoms with E-state index in [0.717, 1.165) is 31.7 Å². The van der Waals surface area contributed by atoms with Crippen LogP contribution in [0, 0.1) is 5.92 Å². The van der Waals surface area contributed by atoms with Crippen LogP contribution < -0.4 is 5.32 Å². The Kier molecular flexibility index (Phi) is 3.79. The molecule has 0 spiro atoms. The van der Waals surface area contributed by atoms with Crippen LogP contribution in [0.25, 0.3) is 0 Å². The highest BCUT2D eigenvalue weighted by Gasteiger charge is 2.22. The molecule has 0 saturated carbocycles. The van der Waals surface area contributed by atoms with Gasteiger partial charge in [0.25, 0.3) is 0 Å². The SMILES string of the molecule is CN1CCNC(CC2CCOCC2)C1. The second-order valence-corrected chi connectivity index (χ2v) is 4.70. The van der Waals surface area contributed by atoms with Gasteiger partial charge in [0.15, 0.2) is 0 Å². The van der Waals surface area contributed by atoms with Crippen molar-refractivity contribution in [2.45, 2.75) is 25.3 Å². The molecule has 2 fully saturated rings. The number of piperazine rings is 1. The lowest BCUT2D eigenvalue weighted by molar-refractivity contribution is 0.0574. The molecule has 2 saturated heterocycles. The number of likely N-dealkylation sites (N-methyl/N-ethyl adjacent to an activating group) is 1. The van der Waals surface area contributed by atoms with E-state index in [4.69, 9.17) is 4.74 Å². The van der Waals surface area contributed by atoms with Crippen molar-refractivity contribution in [2.24, 2.45) is 5.92 Å². The minimum atomic E-state index is 0.719. The summed E-state index contributed by atoms with van der Waals surface area (Å²) in [5.74, 6) is 0.896. The Balaban J connectivity index is 1.72. The van der Waals surface area contributed by atoms with Gasteiger partial charge < -0.3 is 15.0 Å². The van der Waals surface area contributed by atoms with Crippen LogP contribution in [0.5, 0.6) is 0 Å². The van der Waals surface area contributed by atoms with E-state index in [1.54, 1.807) is 0 Å². The maximum absolute atomic E-state index is 5.38. The molecule has 2 heterocycles. The maximum Gasteiger partial charge on any atom is 0.0468 e. The molecule has 1 atom stereocenters. The van der Waals surface area contributed by atoms with Crippen molar-refractivity contribution < 1.29 is 4.74 Å². The van der Waals surface area contributed by atoms with Gasteiger partial charge in [-0.05, 0) is 32.2 Å². The van der Waals surface area contributed by atoms with Crippen LogP contribution in [-0.2, 0) is 4.74 Å². The van der Waals surface area contributed by atoms with Gasteiger partial charge in [-0.1, -0.05) is 0 Å². The number of ether oxygens (including phenoxy) is 1. The van der Waals surface area contributed by atoms with Crippen LogP contribution in [0.15, 0.2) is 0 Å². The lowest BCUT2D eigenvalue weighted by Gasteiger charge is -2.34. The Labute approximate surface area is 86.8 Å². The molecule has 3 nitrogen and oxygen atoms in total. The third-order valence-corrected chi connectivity index (χ3v) is 3.42. The van der Waals surface area contributed by atoms with Crippen LogP contribution in [0.2, 0.25) is 0 Å². The summed E-state index contributed by atoms with van der Waals surface area (Å²) in [6, 6.07) is 0.719. The molecular formula is C11H22N2O. The molecule has 2 rings (SSSR count). The minimum Gasteiger partial charge on any atom is -0.381 e. The van der Waals surface area contributed by atoms with E-state index in [1.165, 1.54) is 32.4 Å².